The molecule has 4 heteroatoms. The minimum atomic E-state index is -0.261. The van der Waals surface area contributed by atoms with Crippen LogP contribution in [0.3, 0.4) is 0 Å². The zero-order chi connectivity index (χ0) is 14.8. The lowest BCUT2D eigenvalue weighted by atomic mass is 9.94. The standard InChI is InChI=1S/C16H16Cl2FN/c1-16(2,12-5-8-14(17)15(18)9-12)20-10-11-3-6-13(19)7-4-11/h3-9,20H,10H2,1-2H3. The summed E-state index contributed by atoms with van der Waals surface area (Å²) in [7, 11) is 0. The van der Waals surface area contributed by atoms with Crippen LogP contribution in [-0.4, -0.2) is 0 Å². The second-order valence-electron chi connectivity index (χ2n) is 5.23. The van der Waals surface area contributed by atoms with E-state index in [2.05, 4.69) is 19.2 Å². The lowest BCUT2D eigenvalue weighted by molar-refractivity contribution is 0.401. The maximum Gasteiger partial charge on any atom is 0.123 e. The number of nitrogens with one attached hydrogen (secondary N) is 1. The molecule has 0 aliphatic rings. The topological polar surface area (TPSA) is 12.0 Å². The molecule has 0 saturated carbocycles. The molecule has 0 bridgehead atoms. The number of hydrogen-bond donors (Lipinski definition) is 1. The summed E-state index contributed by atoms with van der Waals surface area (Å²) in [5, 5.41) is 4.52. The Hall–Kier alpha value is -1.09. The maximum absolute atomic E-state index is 12.9. The molecule has 20 heavy (non-hydrogen) atoms. The van der Waals surface area contributed by atoms with Gasteiger partial charge in [-0.25, -0.2) is 4.39 Å². The molecule has 0 aromatic heterocycles. The molecule has 0 amide bonds. The van der Waals surface area contributed by atoms with E-state index in [1.165, 1.54) is 12.1 Å². The van der Waals surface area contributed by atoms with Gasteiger partial charge in [0.15, 0.2) is 0 Å². The third-order valence-electron chi connectivity index (χ3n) is 3.29. The second kappa shape index (κ2) is 6.13. The maximum atomic E-state index is 12.9. The lowest BCUT2D eigenvalue weighted by Gasteiger charge is -2.27. The highest BCUT2D eigenvalue weighted by molar-refractivity contribution is 6.42. The smallest absolute Gasteiger partial charge is 0.123 e. The predicted octanol–water partition coefficient (Wildman–Crippen LogP) is 5.16. The molecular weight excluding hydrogens is 296 g/mol. The van der Waals surface area contributed by atoms with Crippen molar-refractivity contribution in [2.45, 2.75) is 25.9 Å². The normalized spacial score (nSPS) is 11.7. The zero-order valence-electron chi connectivity index (χ0n) is 11.4. The van der Waals surface area contributed by atoms with Crippen LogP contribution in [0.25, 0.3) is 0 Å². The summed E-state index contributed by atoms with van der Waals surface area (Å²) in [4.78, 5) is 0. The van der Waals surface area contributed by atoms with Crippen LogP contribution in [0.4, 0.5) is 4.39 Å². The van der Waals surface area contributed by atoms with Crippen molar-refractivity contribution >= 4 is 23.2 Å². The molecule has 0 aliphatic heterocycles. The number of hydrogen-bond acceptors (Lipinski definition) is 1. The van der Waals surface area contributed by atoms with Crippen LogP contribution in [-0.2, 0) is 12.1 Å². The van der Waals surface area contributed by atoms with Crippen LogP contribution in [0.5, 0.6) is 0 Å². The van der Waals surface area contributed by atoms with Crippen LogP contribution in [0, 0.1) is 5.82 Å². The van der Waals surface area contributed by atoms with Gasteiger partial charge >= 0.3 is 0 Å². The fourth-order valence-electron chi connectivity index (χ4n) is 1.91. The van der Waals surface area contributed by atoms with Gasteiger partial charge in [-0.05, 0) is 49.2 Å². The number of halogens is 3. The summed E-state index contributed by atoms with van der Waals surface area (Å²) in [6, 6.07) is 12.1. The molecule has 2 rings (SSSR count). The van der Waals surface area contributed by atoms with Crippen molar-refractivity contribution in [3.05, 3.63) is 69.5 Å². The van der Waals surface area contributed by atoms with Crippen molar-refractivity contribution in [3.63, 3.8) is 0 Å². The zero-order valence-corrected chi connectivity index (χ0v) is 12.9. The lowest BCUT2D eigenvalue weighted by Crippen LogP contribution is -2.35. The van der Waals surface area contributed by atoms with E-state index in [1.807, 2.05) is 12.1 Å². The molecule has 106 valence electrons. The Balaban J connectivity index is 2.10. The molecule has 0 spiro atoms. The molecule has 0 fully saturated rings. The summed E-state index contributed by atoms with van der Waals surface area (Å²) in [5.74, 6) is -0.225. The quantitative estimate of drug-likeness (QED) is 0.822. The van der Waals surface area contributed by atoms with Gasteiger partial charge in [0.2, 0.25) is 0 Å². The molecular formula is C16H16Cl2FN. The average Bonchev–Trinajstić information content (AvgIpc) is 2.41. The summed E-state index contributed by atoms with van der Waals surface area (Å²) >= 11 is 12.0. The highest BCUT2D eigenvalue weighted by Crippen LogP contribution is 2.28. The van der Waals surface area contributed by atoms with E-state index in [9.17, 15) is 4.39 Å². The fourth-order valence-corrected chi connectivity index (χ4v) is 2.21. The first-order valence-corrected chi connectivity index (χ1v) is 7.09. The van der Waals surface area contributed by atoms with Gasteiger partial charge in [-0.1, -0.05) is 41.4 Å². The van der Waals surface area contributed by atoms with Crippen LogP contribution in [0.15, 0.2) is 42.5 Å². The van der Waals surface area contributed by atoms with Gasteiger partial charge < -0.3 is 5.32 Å². The van der Waals surface area contributed by atoms with Crippen molar-refractivity contribution < 1.29 is 4.39 Å². The molecule has 0 atom stereocenters. The summed E-state index contributed by atoms with van der Waals surface area (Å²) in [6.45, 7) is 4.78. The predicted molar refractivity (Wildman–Crippen MR) is 82.7 cm³/mol. The van der Waals surface area contributed by atoms with E-state index in [4.69, 9.17) is 23.2 Å². The highest BCUT2D eigenvalue weighted by Gasteiger charge is 2.20. The average molecular weight is 312 g/mol. The molecule has 0 radical (unpaired) electrons. The van der Waals surface area contributed by atoms with Gasteiger partial charge in [-0.2, -0.15) is 0 Å². The van der Waals surface area contributed by atoms with Crippen LogP contribution < -0.4 is 5.32 Å². The first-order chi connectivity index (χ1) is 9.38. The SMILES string of the molecule is CC(C)(NCc1ccc(F)cc1)c1ccc(Cl)c(Cl)c1. The van der Waals surface area contributed by atoms with E-state index in [0.717, 1.165) is 11.1 Å². The Kier molecular flexibility index (Phi) is 4.69. The molecule has 1 nitrogen and oxygen atoms in total. The molecule has 0 saturated heterocycles. The Bertz CT molecular complexity index is 594. The first kappa shape index (κ1) is 15.3. The monoisotopic (exact) mass is 311 g/mol. The van der Waals surface area contributed by atoms with Crippen LogP contribution in [0.1, 0.15) is 25.0 Å². The Morgan fingerprint density at radius 3 is 2.25 bits per heavy atom. The third kappa shape index (κ3) is 3.72. The molecule has 0 aliphatic carbocycles. The van der Waals surface area contributed by atoms with Crippen molar-refractivity contribution in [1.29, 1.82) is 0 Å². The van der Waals surface area contributed by atoms with Gasteiger partial charge in [0.1, 0.15) is 5.82 Å². The largest absolute Gasteiger partial charge is 0.304 e. The van der Waals surface area contributed by atoms with E-state index in [1.54, 1.807) is 18.2 Å². The second-order valence-corrected chi connectivity index (χ2v) is 6.05. The minimum absolute atomic E-state index is 0.225. The third-order valence-corrected chi connectivity index (χ3v) is 4.03. The molecule has 1 N–H and O–H groups in total. The van der Waals surface area contributed by atoms with Crippen molar-refractivity contribution in [3.8, 4) is 0 Å². The first-order valence-electron chi connectivity index (χ1n) is 6.33. The molecule has 0 unspecified atom stereocenters. The van der Waals surface area contributed by atoms with Crippen molar-refractivity contribution in [2.24, 2.45) is 0 Å². The van der Waals surface area contributed by atoms with Crippen molar-refractivity contribution in [1.82, 2.24) is 5.32 Å². The molecule has 2 aromatic rings. The highest BCUT2D eigenvalue weighted by atomic mass is 35.5. The van der Waals surface area contributed by atoms with E-state index < -0.39 is 0 Å². The van der Waals surface area contributed by atoms with E-state index >= 15 is 0 Å². The Labute approximate surface area is 128 Å². The van der Waals surface area contributed by atoms with Crippen LogP contribution in [0.2, 0.25) is 10.0 Å². The Morgan fingerprint density at radius 2 is 1.65 bits per heavy atom. The van der Waals surface area contributed by atoms with E-state index in [-0.39, 0.29) is 11.4 Å². The van der Waals surface area contributed by atoms with Gasteiger partial charge in [-0.3, -0.25) is 0 Å². The van der Waals surface area contributed by atoms with Gasteiger partial charge in [0, 0.05) is 12.1 Å². The molecule has 2 aromatic carbocycles. The molecule has 0 heterocycles. The number of rotatable bonds is 4. The van der Waals surface area contributed by atoms with Crippen molar-refractivity contribution in [2.75, 3.05) is 0 Å². The van der Waals surface area contributed by atoms with Gasteiger partial charge in [0.05, 0.1) is 10.0 Å². The summed E-state index contributed by atoms with van der Waals surface area (Å²) < 4.78 is 12.9. The van der Waals surface area contributed by atoms with Crippen LogP contribution >= 0.6 is 23.2 Å². The number of benzene rings is 2. The summed E-state index contributed by atoms with van der Waals surface area (Å²) in [5.41, 5.74) is 1.82. The van der Waals surface area contributed by atoms with Gasteiger partial charge in [-0.15, -0.1) is 0 Å². The van der Waals surface area contributed by atoms with E-state index in [0.29, 0.717) is 16.6 Å². The summed E-state index contributed by atoms with van der Waals surface area (Å²) in [6.07, 6.45) is 0. The van der Waals surface area contributed by atoms with Gasteiger partial charge in [0.25, 0.3) is 0 Å². The minimum Gasteiger partial charge on any atom is -0.304 e. The Morgan fingerprint density at radius 1 is 1.00 bits per heavy atom. The fraction of sp³-hybridized carbons (Fsp3) is 0.250.